The lowest BCUT2D eigenvalue weighted by Gasteiger charge is -2.11. The van der Waals surface area contributed by atoms with E-state index in [-0.39, 0.29) is 23.6 Å². The van der Waals surface area contributed by atoms with Crippen LogP contribution in [0.5, 0.6) is 0 Å². The highest BCUT2D eigenvalue weighted by molar-refractivity contribution is 5.78. The minimum atomic E-state index is -0.725. The number of aryl methyl sites for hydroxylation is 1. The third kappa shape index (κ3) is 2.99. The highest BCUT2D eigenvalue weighted by Gasteiger charge is 2.17. The van der Waals surface area contributed by atoms with Gasteiger partial charge in [0.05, 0.1) is 17.4 Å². The van der Waals surface area contributed by atoms with Crippen molar-refractivity contribution in [2.45, 2.75) is 13.3 Å². The molecule has 0 radical (unpaired) electrons. The standard InChI is InChI=1S/C11H13FN2O3/c1-7-4-8(5-11(15)13(2)3)9(12)6-10(7)14(16)17/h4,6H,5H2,1-3H3. The van der Waals surface area contributed by atoms with E-state index in [9.17, 15) is 19.3 Å². The van der Waals surface area contributed by atoms with Crippen molar-refractivity contribution in [1.82, 2.24) is 4.90 Å². The van der Waals surface area contributed by atoms with E-state index in [1.807, 2.05) is 0 Å². The van der Waals surface area contributed by atoms with Crippen molar-refractivity contribution in [1.29, 1.82) is 0 Å². The lowest BCUT2D eigenvalue weighted by molar-refractivity contribution is -0.385. The van der Waals surface area contributed by atoms with Gasteiger partial charge in [0.1, 0.15) is 5.82 Å². The molecule has 1 amide bonds. The molecule has 0 unspecified atom stereocenters. The van der Waals surface area contributed by atoms with Crippen LogP contribution in [0.4, 0.5) is 10.1 Å². The first-order chi connectivity index (χ1) is 7.82. The van der Waals surface area contributed by atoms with Crippen LogP contribution in [0.2, 0.25) is 0 Å². The third-order valence-corrected chi connectivity index (χ3v) is 2.40. The molecule has 0 saturated heterocycles. The number of hydrogen-bond acceptors (Lipinski definition) is 3. The minimum absolute atomic E-state index is 0.0995. The molecule has 0 spiro atoms. The van der Waals surface area contributed by atoms with E-state index in [1.165, 1.54) is 17.9 Å². The van der Waals surface area contributed by atoms with E-state index in [1.54, 1.807) is 14.1 Å². The molecular formula is C11H13FN2O3. The molecule has 0 bridgehead atoms. The second kappa shape index (κ2) is 4.90. The zero-order valence-corrected chi connectivity index (χ0v) is 9.86. The molecule has 0 N–H and O–H groups in total. The molecule has 0 aliphatic carbocycles. The Morgan fingerprint density at radius 3 is 2.53 bits per heavy atom. The fourth-order valence-corrected chi connectivity index (χ4v) is 1.38. The van der Waals surface area contributed by atoms with Crippen LogP contribution in [-0.2, 0) is 11.2 Å². The van der Waals surface area contributed by atoms with E-state index in [0.29, 0.717) is 5.56 Å². The summed E-state index contributed by atoms with van der Waals surface area (Å²) in [6.45, 7) is 1.52. The first-order valence-electron chi connectivity index (χ1n) is 4.96. The second-order valence-corrected chi connectivity index (χ2v) is 3.95. The number of nitro benzene ring substituents is 1. The second-order valence-electron chi connectivity index (χ2n) is 3.95. The van der Waals surface area contributed by atoms with Gasteiger partial charge in [-0.25, -0.2) is 4.39 Å². The van der Waals surface area contributed by atoms with E-state index < -0.39 is 10.7 Å². The lowest BCUT2D eigenvalue weighted by Crippen LogP contribution is -2.24. The van der Waals surface area contributed by atoms with Crippen molar-refractivity contribution in [3.8, 4) is 0 Å². The molecule has 17 heavy (non-hydrogen) atoms. The van der Waals surface area contributed by atoms with Gasteiger partial charge in [0.25, 0.3) is 5.69 Å². The Bertz CT molecular complexity index is 472. The summed E-state index contributed by atoms with van der Waals surface area (Å²) in [6.07, 6.45) is -0.0995. The van der Waals surface area contributed by atoms with Gasteiger partial charge in [-0.3, -0.25) is 14.9 Å². The first kappa shape index (κ1) is 13.1. The molecule has 0 atom stereocenters. The number of hydrogen-bond donors (Lipinski definition) is 0. The van der Waals surface area contributed by atoms with Gasteiger partial charge in [0, 0.05) is 19.7 Å². The Hall–Kier alpha value is -1.98. The molecule has 0 aromatic heterocycles. The predicted molar refractivity (Wildman–Crippen MR) is 60.2 cm³/mol. The molecule has 0 fully saturated rings. The topological polar surface area (TPSA) is 63.5 Å². The van der Waals surface area contributed by atoms with Crippen molar-refractivity contribution < 1.29 is 14.1 Å². The van der Waals surface area contributed by atoms with Gasteiger partial charge >= 0.3 is 0 Å². The fraction of sp³-hybridized carbons (Fsp3) is 0.364. The molecular weight excluding hydrogens is 227 g/mol. The monoisotopic (exact) mass is 240 g/mol. The average molecular weight is 240 g/mol. The maximum atomic E-state index is 13.5. The summed E-state index contributed by atoms with van der Waals surface area (Å²) < 4.78 is 13.5. The van der Waals surface area contributed by atoms with Crippen LogP contribution < -0.4 is 0 Å². The smallest absolute Gasteiger partial charge is 0.275 e. The van der Waals surface area contributed by atoms with E-state index >= 15 is 0 Å². The predicted octanol–water partition coefficient (Wildman–Crippen LogP) is 1.67. The zero-order chi connectivity index (χ0) is 13.2. The lowest BCUT2D eigenvalue weighted by atomic mass is 10.1. The molecule has 92 valence electrons. The summed E-state index contributed by atoms with van der Waals surface area (Å²) in [6, 6.07) is 2.20. The number of likely N-dealkylation sites (N-methyl/N-ethyl adjacent to an activating group) is 1. The Kier molecular flexibility index (Phi) is 3.77. The number of amides is 1. The number of carbonyl (C=O) groups is 1. The van der Waals surface area contributed by atoms with Gasteiger partial charge in [-0.05, 0) is 18.6 Å². The molecule has 0 saturated carbocycles. The number of rotatable bonds is 3. The zero-order valence-electron chi connectivity index (χ0n) is 9.86. The van der Waals surface area contributed by atoms with E-state index in [0.717, 1.165) is 6.07 Å². The Morgan fingerprint density at radius 1 is 1.47 bits per heavy atom. The highest BCUT2D eigenvalue weighted by Crippen LogP contribution is 2.22. The van der Waals surface area contributed by atoms with Crippen molar-refractivity contribution >= 4 is 11.6 Å². The van der Waals surface area contributed by atoms with Crippen LogP contribution in [0.3, 0.4) is 0 Å². The molecule has 1 aromatic carbocycles. The average Bonchev–Trinajstić information content (AvgIpc) is 2.22. The fourth-order valence-electron chi connectivity index (χ4n) is 1.38. The van der Waals surface area contributed by atoms with Crippen molar-refractivity contribution in [3.63, 3.8) is 0 Å². The number of nitro groups is 1. The van der Waals surface area contributed by atoms with Crippen LogP contribution in [0.1, 0.15) is 11.1 Å². The van der Waals surface area contributed by atoms with Crippen LogP contribution >= 0.6 is 0 Å². The first-order valence-corrected chi connectivity index (χ1v) is 4.96. The number of halogens is 1. The van der Waals surface area contributed by atoms with Crippen LogP contribution in [0.15, 0.2) is 12.1 Å². The van der Waals surface area contributed by atoms with Gasteiger partial charge in [0.15, 0.2) is 0 Å². The van der Waals surface area contributed by atoms with Crippen molar-refractivity contribution in [2.24, 2.45) is 0 Å². The summed E-state index contributed by atoms with van der Waals surface area (Å²) in [5.74, 6) is -0.977. The maximum absolute atomic E-state index is 13.5. The van der Waals surface area contributed by atoms with E-state index in [2.05, 4.69) is 0 Å². The van der Waals surface area contributed by atoms with Gasteiger partial charge in [-0.1, -0.05) is 0 Å². The number of carbonyl (C=O) groups excluding carboxylic acids is 1. The highest BCUT2D eigenvalue weighted by atomic mass is 19.1. The number of nitrogens with zero attached hydrogens (tertiary/aromatic N) is 2. The van der Waals surface area contributed by atoms with Gasteiger partial charge in [-0.2, -0.15) is 0 Å². The molecule has 0 heterocycles. The third-order valence-electron chi connectivity index (χ3n) is 2.40. The van der Waals surface area contributed by atoms with E-state index in [4.69, 9.17) is 0 Å². The Balaban J connectivity index is 3.08. The summed E-state index contributed by atoms with van der Waals surface area (Å²) in [5, 5.41) is 10.6. The molecule has 1 aromatic rings. The molecule has 5 nitrogen and oxygen atoms in total. The normalized spacial score (nSPS) is 10.1. The van der Waals surface area contributed by atoms with Crippen molar-refractivity contribution in [2.75, 3.05) is 14.1 Å². The molecule has 6 heteroatoms. The van der Waals surface area contributed by atoms with Gasteiger partial charge in [0.2, 0.25) is 5.91 Å². The van der Waals surface area contributed by atoms with Crippen LogP contribution in [-0.4, -0.2) is 29.8 Å². The van der Waals surface area contributed by atoms with Crippen molar-refractivity contribution in [3.05, 3.63) is 39.2 Å². The summed E-state index contributed by atoms with van der Waals surface area (Å²) in [5.41, 5.74) is 0.244. The maximum Gasteiger partial charge on any atom is 0.275 e. The number of benzene rings is 1. The summed E-state index contributed by atoms with van der Waals surface area (Å²) in [4.78, 5) is 22.7. The quantitative estimate of drug-likeness (QED) is 0.596. The minimum Gasteiger partial charge on any atom is -0.349 e. The van der Waals surface area contributed by atoms with Crippen LogP contribution in [0.25, 0.3) is 0 Å². The molecule has 1 rings (SSSR count). The van der Waals surface area contributed by atoms with Crippen LogP contribution in [0, 0.1) is 22.9 Å². The van der Waals surface area contributed by atoms with Gasteiger partial charge < -0.3 is 4.90 Å². The SMILES string of the molecule is Cc1cc(CC(=O)N(C)C)c(F)cc1[N+](=O)[O-]. The summed E-state index contributed by atoms with van der Waals surface area (Å²) >= 11 is 0. The largest absolute Gasteiger partial charge is 0.349 e. The van der Waals surface area contributed by atoms with Gasteiger partial charge in [-0.15, -0.1) is 0 Å². The molecule has 0 aliphatic heterocycles. The Labute approximate surface area is 98.0 Å². The Morgan fingerprint density at radius 2 is 2.06 bits per heavy atom. The molecule has 0 aliphatic rings. The summed E-state index contributed by atoms with van der Waals surface area (Å²) in [7, 11) is 3.14.